The van der Waals surface area contributed by atoms with Crippen LogP contribution in [0.2, 0.25) is 0 Å². The van der Waals surface area contributed by atoms with Crippen molar-refractivity contribution in [3.05, 3.63) is 29.8 Å². The summed E-state index contributed by atoms with van der Waals surface area (Å²) in [6.45, 7) is 8.71. The maximum Gasteiger partial charge on any atom is 0.228 e. The van der Waals surface area contributed by atoms with E-state index in [1.807, 2.05) is 24.3 Å². The van der Waals surface area contributed by atoms with E-state index in [2.05, 4.69) is 33.0 Å². The number of anilines is 1. The highest BCUT2D eigenvalue weighted by Crippen LogP contribution is 2.44. The molecule has 0 spiro atoms. The lowest BCUT2D eigenvalue weighted by atomic mass is 9.64. The molecule has 1 N–H and O–H groups in total. The molecule has 2 rings (SSSR count). The van der Waals surface area contributed by atoms with Crippen LogP contribution in [0.1, 0.15) is 45.6 Å². The minimum Gasteiger partial charge on any atom is -0.326 e. The molecule has 1 fully saturated rings. The number of amides is 1. The highest BCUT2D eigenvalue weighted by Gasteiger charge is 2.41. The standard InChI is InChI=1S/C17H25NO/c1-12-7-9-14(10-8-12)18-16(19)15-13(2)6-5-11-17(15,3)4/h7-10,13,15H,5-6,11H2,1-4H3,(H,18,19). The Kier molecular flexibility index (Phi) is 3.98. The summed E-state index contributed by atoms with van der Waals surface area (Å²) in [5.41, 5.74) is 2.22. The van der Waals surface area contributed by atoms with Gasteiger partial charge in [0.1, 0.15) is 0 Å². The summed E-state index contributed by atoms with van der Waals surface area (Å²) in [7, 11) is 0. The van der Waals surface area contributed by atoms with E-state index in [0.717, 1.165) is 18.5 Å². The molecule has 1 aliphatic rings. The molecular formula is C17H25NO. The Morgan fingerprint density at radius 3 is 2.47 bits per heavy atom. The van der Waals surface area contributed by atoms with Gasteiger partial charge >= 0.3 is 0 Å². The van der Waals surface area contributed by atoms with Gasteiger partial charge in [-0.05, 0) is 43.2 Å². The second-order valence-corrected chi connectivity index (χ2v) is 6.69. The van der Waals surface area contributed by atoms with Gasteiger partial charge in [0.25, 0.3) is 0 Å². The fourth-order valence-corrected chi connectivity index (χ4v) is 3.44. The van der Waals surface area contributed by atoms with Gasteiger partial charge in [0.15, 0.2) is 0 Å². The van der Waals surface area contributed by atoms with Gasteiger partial charge in [0, 0.05) is 11.6 Å². The molecule has 0 bridgehead atoms. The molecule has 1 saturated carbocycles. The van der Waals surface area contributed by atoms with Crippen molar-refractivity contribution in [2.45, 2.75) is 47.0 Å². The van der Waals surface area contributed by atoms with Crippen molar-refractivity contribution in [2.24, 2.45) is 17.3 Å². The molecule has 2 atom stereocenters. The molecule has 2 nitrogen and oxygen atoms in total. The van der Waals surface area contributed by atoms with Crippen molar-refractivity contribution in [2.75, 3.05) is 5.32 Å². The molecule has 0 heterocycles. The molecule has 0 saturated heterocycles. The van der Waals surface area contributed by atoms with E-state index in [1.54, 1.807) is 0 Å². The summed E-state index contributed by atoms with van der Waals surface area (Å²) >= 11 is 0. The van der Waals surface area contributed by atoms with Gasteiger partial charge in [-0.3, -0.25) is 4.79 Å². The van der Waals surface area contributed by atoms with E-state index in [1.165, 1.54) is 12.0 Å². The molecule has 0 aromatic heterocycles. The normalized spacial score (nSPS) is 25.9. The minimum absolute atomic E-state index is 0.104. The molecule has 0 radical (unpaired) electrons. The third-order valence-corrected chi connectivity index (χ3v) is 4.49. The second kappa shape index (κ2) is 5.36. The van der Waals surface area contributed by atoms with E-state index >= 15 is 0 Å². The number of rotatable bonds is 2. The van der Waals surface area contributed by atoms with Crippen LogP contribution in [0, 0.1) is 24.2 Å². The van der Waals surface area contributed by atoms with E-state index in [-0.39, 0.29) is 17.2 Å². The first-order valence-electron chi connectivity index (χ1n) is 7.28. The van der Waals surface area contributed by atoms with Crippen LogP contribution < -0.4 is 5.32 Å². The third kappa shape index (κ3) is 3.17. The lowest BCUT2D eigenvalue weighted by Gasteiger charge is -2.41. The van der Waals surface area contributed by atoms with Crippen molar-refractivity contribution in [3.63, 3.8) is 0 Å². The van der Waals surface area contributed by atoms with Gasteiger partial charge < -0.3 is 5.32 Å². The fraction of sp³-hybridized carbons (Fsp3) is 0.588. The van der Waals surface area contributed by atoms with Crippen LogP contribution in [0.4, 0.5) is 5.69 Å². The quantitative estimate of drug-likeness (QED) is 0.838. The summed E-state index contributed by atoms with van der Waals surface area (Å²) in [6.07, 6.45) is 3.54. The summed E-state index contributed by atoms with van der Waals surface area (Å²) in [5.74, 6) is 0.762. The molecule has 1 aromatic rings. The first kappa shape index (κ1) is 14.1. The smallest absolute Gasteiger partial charge is 0.228 e. The maximum atomic E-state index is 12.6. The average molecular weight is 259 g/mol. The molecule has 2 unspecified atom stereocenters. The molecule has 0 aliphatic heterocycles. The van der Waals surface area contributed by atoms with Gasteiger partial charge in [-0.1, -0.05) is 44.9 Å². The molecule has 1 amide bonds. The van der Waals surface area contributed by atoms with Gasteiger partial charge in [-0.15, -0.1) is 0 Å². The van der Waals surface area contributed by atoms with E-state index in [0.29, 0.717) is 5.92 Å². The van der Waals surface area contributed by atoms with Gasteiger partial charge in [0.2, 0.25) is 5.91 Å². The van der Waals surface area contributed by atoms with Gasteiger partial charge in [-0.2, -0.15) is 0 Å². The Morgan fingerprint density at radius 1 is 1.26 bits per heavy atom. The lowest BCUT2D eigenvalue weighted by Crippen LogP contribution is -2.42. The van der Waals surface area contributed by atoms with Crippen LogP contribution in [-0.2, 0) is 4.79 Å². The van der Waals surface area contributed by atoms with Gasteiger partial charge in [-0.25, -0.2) is 0 Å². The highest BCUT2D eigenvalue weighted by atomic mass is 16.1. The zero-order chi connectivity index (χ0) is 14.0. The van der Waals surface area contributed by atoms with Crippen molar-refractivity contribution < 1.29 is 4.79 Å². The summed E-state index contributed by atoms with van der Waals surface area (Å²) in [5, 5.41) is 3.09. The number of nitrogens with one attached hydrogen (secondary N) is 1. The van der Waals surface area contributed by atoms with Crippen LogP contribution in [0.5, 0.6) is 0 Å². The van der Waals surface area contributed by atoms with Crippen LogP contribution in [0.3, 0.4) is 0 Å². The predicted octanol–water partition coefficient (Wildman–Crippen LogP) is 4.40. The van der Waals surface area contributed by atoms with Crippen LogP contribution >= 0.6 is 0 Å². The number of benzene rings is 1. The number of carbonyl (C=O) groups is 1. The lowest BCUT2D eigenvalue weighted by molar-refractivity contribution is -0.127. The van der Waals surface area contributed by atoms with Crippen LogP contribution in [0.15, 0.2) is 24.3 Å². The topological polar surface area (TPSA) is 29.1 Å². The monoisotopic (exact) mass is 259 g/mol. The molecule has 1 aliphatic carbocycles. The van der Waals surface area contributed by atoms with Crippen molar-refractivity contribution in [3.8, 4) is 0 Å². The Labute approximate surface area is 116 Å². The summed E-state index contributed by atoms with van der Waals surface area (Å²) in [4.78, 5) is 12.6. The van der Waals surface area contributed by atoms with Crippen LogP contribution in [-0.4, -0.2) is 5.91 Å². The fourth-order valence-electron chi connectivity index (χ4n) is 3.44. The average Bonchev–Trinajstić information content (AvgIpc) is 2.30. The van der Waals surface area contributed by atoms with Crippen molar-refractivity contribution >= 4 is 11.6 Å². The second-order valence-electron chi connectivity index (χ2n) is 6.69. The highest BCUT2D eigenvalue weighted by molar-refractivity contribution is 5.93. The Bertz CT molecular complexity index is 447. The van der Waals surface area contributed by atoms with Crippen molar-refractivity contribution in [1.29, 1.82) is 0 Å². The minimum atomic E-state index is 0.104. The SMILES string of the molecule is Cc1ccc(NC(=O)C2C(C)CCCC2(C)C)cc1. The largest absolute Gasteiger partial charge is 0.326 e. The maximum absolute atomic E-state index is 12.6. The van der Waals surface area contributed by atoms with Gasteiger partial charge in [0.05, 0.1) is 0 Å². The molecular weight excluding hydrogens is 234 g/mol. The molecule has 1 aromatic carbocycles. The Morgan fingerprint density at radius 2 is 1.89 bits per heavy atom. The Hall–Kier alpha value is -1.31. The van der Waals surface area contributed by atoms with Crippen LogP contribution in [0.25, 0.3) is 0 Å². The Balaban J connectivity index is 2.11. The van der Waals surface area contributed by atoms with Crippen molar-refractivity contribution in [1.82, 2.24) is 0 Å². The predicted molar refractivity (Wildman–Crippen MR) is 80.1 cm³/mol. The van der Waals surface area contributed by atoms with E-state index in [9.17, 15) is 4.79 Å². The zero-order valence-corrected chi connectivity index (χ0v) is 12.5. The molecule has 104 valence electrons. The van der Waals surface area contributed by atoms with E-state index in [4.69, 9.17) is 0 Å². The zero-order valence-electron chi connectivity index (χ0n) is 12.5. The summed E-state index contributed by atoms with van der Waals surface area (Å²) in [6, 6.07) is 8.03. The number of hydrogen-bond donors (Lipinski definition) is 1. The summed E-state index contributed by atoms with van der Waals surface area (Å²) < 4.78 is 0. The number of hydrogen-bond acceptors (Lipinski definition) is 1. The molecule has 19 heavy (non-hydrogen) atoms. The number of carbonyl (C=O) groups excluding carboxylic acids is 1. The number of aryl methyl sites for hydroxylation is 1. The molecule has 2 heteroatoms. The first-order chi connectivity index (χ1) is 8.90. The third-order valence-electron chi connectivity index (χ3n) is 4.49. The van der Waals surface area contributed by atoms with E-state index < -0.39 is 0 Å². The first-order valence-corrected chi connectivity index (χ1v) is 7.28.